The van der Waals surface area contributed by atoms with E-state index in [9.17, 15) is 5.26 Å². The molecule has 5 heteroatoms. The molecule has 0 aliphatic carbocycles. The van der Waals surface area contributed by atoms with Crippen molar-refractivity contribution in [1.29, 1.82) is 5.26 Å². The van der Waals surface area contributed by atoms with E-state index in [-0.39, 0.29) is 6.61 Å². The maximum absolute atomic E-state index is 9.20. The molecular formula is C14H15N3OS. The van der Waals surface area contributed by atoms with Crippen molar-refractivity contribution in [3.05, 3.63) is 45.4 Å². The number of hydrogen-bond donors (Lipinski definition) is 1. The van der Waals surface area contributed by atoms with Gasteiger partial charge in [-0.05, 0) is 24.6 Å². The topological polar surface area (TPSA) is 60.1 Å². The summed E-state index contributed by atoms with van der Waals surface area (Å²) in [6.45, 7) is 2.66. The van der Waals surface area contributed by atoms with Crippen LogP contribution in [0.2, 0.25) is 0 Å². The third-order valence-electron chi connectivity index (χ3n) is 3.00. The molecule has 1 aromatic carbocycles. The summed E-state index contributed by atoms with van der Waals surface area (Å²) in [6, 6.07) is 7.62. The van der Waals surface area contributed by atoms with Gasteiger partial charge in [-0.2, -0.15) is 5.26 Å². The van der Waals surface area contributed by atoms with Crippen LogP contribution >= 0.6 is 11.3 Å². The van der Waals surface area contributed by atoms with E-state index in [4.69, 9.17) is 5.11 Å². The van der Waals surface area contributed by atoms with E-state index in [0.29, 0.717) is 5.56 Å². The van der Waals surface area contributed by atoms with E-state index in [1.165, 1.54) is 4.88 Å². The van der Waals surface area contributed by atoms with Crippen LogP contribution in [-0.2, 0) is 13.2 Å². The average molecular weight is 273 g/mol. The highest BCUT2D eigenvalue weighted by Gasteiger charge is 2.11. The maximum Gasteiger partial charge on any atom is 0.101 e. The first-order valence-electron chi connectivity index (χ1n) is 5.89. The third-order valence-corrected chi connectivity index (χ3v) is 3.92. The molecule has 0 bridgehead atoms. The Morgan fingerprint density at radius 2 is 2.26 bits per heavy atom. The molecule has 1 heterocycles. The molecule has 0 unspecified atom stereocenters. The summed E-state index contributed by atoms with van der Waals surface area (Å²) in [6.07, 6.45) is 0. The number of rotatable bonds is 4. The van der Waals surface area contributed by atoms with Crippen molar-refractivity contribution in [3.63, 3.8) is 0 Å². The summed E-state index contributed by atoms with van der Waals surface area (Å²) in [7, 11) is 1.95. The van der Waals surface area contributed by atoms with Gasteiger partial charge in [0.25, 0.3) is 0 Å². The molecule has 0 spiro atoms. The maximum atomic E-state index is 9.20. The van der Waals surface area contributed by atoms with E-state index in [0.717, 1.165) is 23.5 Å². The minimum absolute atomic E-state index is 0.0490. The molecule has 0 amide bonds. The molecule has 0 aliphatic heterocycles. The number of aromatic nitrogens is 1. The number of hydrogen-bond acceptors (Lipinski definition) is 5. The largest absolute Gasteiger partial charge is 0.392 e. The van der Waals surface area contributed by atoms with Crippen molar-refractivity contribution in [2.45, 2.75) is 20.1 Å². The first-order chi connectivity index (χ1) is 9.15. The van der Waals surface area contributed by atoms with Gasteiger partial charge in [0, 0.05) is 11.9 Å². The van der Waals surface area contributed by atoms with Gasteiger partial charge in [-0.3, -0.25) is 0 Å². The summed E-state index contributed by atoms with van der Waals surface area (Å²) in [5, 5.41) is 18.3. The Bertz CT molecular complexity index is 615. The van der Waals surface area contributed by atoms with Crippen LogP contribution in [0.15, 0.2) is 23.7 Å². The molecule has 1 N–H and O–H groups in total. The van der Waals surface area contributed by atoms with Crippen molar-refractivity contribution in [2.24, 2.45) is 0 Å². The average Bonchev–Trinajstić information content (AvgIpc) is 2.83. The van der Waals surface area contributed by atoms with Crippen molar-refractivity contribution in [3.8, 4) is 6.07 Å². The zero-order chi connectivity index (χ0) is 13.8. The second-order valence-corrected chi connectivity index (χ2v) is 5.28. The summed E-state index contributed by atoms with van der Waals surface area (Å²) in [5.74, 6) is 0. The van der Waals surface area contributed by atoms with Gasteiger partial charge in [0.1, 0.15) is 6.07 Å². The number of aliphatic hydroxyl groups is 1. The highest BCUT2D eigenvalue weighted by atomic mass is 32.1. The number of thiazole rings is 1. The normalized spacial score (nSPS) is 10.2. The van der Waals surface area contributed by atoms with Crippen LogP contribution in [0.1, 0.15) is 21.7 Å². The summed E-state index contributed by atoms with van der Waals surface area (Å²) in [4.78, 5) is 7.45. The lowest BCUT2D eigenvalue weighted by molar-refractivity contribution is 0.282. The van der Waals surface area contributed by atoms with Crippen LogP contribution in [0.4, 0.5) is 5.69 Å². The lowest BCUT2D eigenvalue weighted by Crippen LogP contribution is -2.17. The van der Waals surface area contributed by atoms with Crippen molar-refractivity contribution in [1.82, 2.24) is 4.98 Å². The Kier molecular flexibility index (Phi) is 4.15. The Hall–Kier alpha value is -1.90. The number of aliphatic hydroxyl groups excluding tert-OH is 1. The van der Waals surface area contributed by atoms with Crippen LogP contribution in [0.3, 0.4) is 0 Å². The molecule has 0 aliphatic rings. The second-order valence-electron chi connectivity index (χ2n) is 4.34. The van der Waals surface area contributed by atoms with Gasteiger partial charge in [-0.25, -0.2) is 4.98 Å². The van der Waals surface area contributed by atoms with Crippen molar-refractivity contribution >= 4 is 17.0 Å². The molecule has 0 saturated carbocycles. The molecule has 0 radical (unpaired) electrons. The molecule has 2 rings (SSSR count). The Morgan fingerprint density at radius 1 is 1.47 bits per heavy atom. The minimum Gasteiger partial charge on any atom is -0.392 e. The standard InChI is InChI=1S/C14H15N3OS/c1-10-14(19-9-16-10)7-17(2)13-4-3-11(8-18)5-12(13)6-15/h3-5,9,18H,7-8H2,1-2H3. The lowest BCUT2D eigenvalue weighted by atomic mass is 10.1. The van der Waals surface area contributed by atoms with E-state index in [2.05, 4.69) is 11.1 Å². The van der Waals surface area contributed by atoms with Crippen molar-refractivity contribution in [2.75, 3.05) is 11.9 Å². The molecule has 98 valence electrons. The number of nitrogens with zero attached hydrogens (tertiary/aromatic N) is 3. The van der Waals surface area contributed by atoms with Gasteiger partial charge in [-0.1, -0.05) is 6.07 Å². The number of aryl methyl sites for hydroxylation is 1. The van der Waals surface area contributed by atoms with Crippen LogP contribution < -0.4 is 4.90 Å². The van der Waals surface area contributed by atoms with E-state index in [1.54, 1.807) is 17.4 Å². The monoisotopic (exact) mass is 273 g/mol. The molecule has 0 saturated heterocycles. The van der Waals surface area contributed by atoms with Gasteiger partial charge in [0.05, 0.1) is 35.6 Å². The summed E-state index contributed by atoms with van der Waals surface area (Å²) < 4.78 is 0. The summed E-state index contributed by atoms with van der Waals surface area (Å²) >= 11 is 1.62. The fraction of sp³-hybridized carbons (Fsp3) is 0.286. The van der Waals surface area contributed by atoms with Gasteiger partial charge in [0.2, 0.25) is 0 Å². The van der Waals surface area contributed by atoms with Crippen LogP contribution in [0, 0.1) is 18.3 Å². The summed E-state index contributed by atoms with van der Waals surface area (Å²) in [5.41, 5.74) is 5.06. The Labute approximate surface area is 116 Å². The second kappa shape index (κ2) is 5.83. The molecule has 4 nitrogen and oxygen atoms in total. The van der Waals surface area contributed by atoms with Gasteiger partial charge < -0.3 is 10.0 Å². The molecular weight excluding hydrogens is 258 g/mol. The molecule has 1 aromatic heterocycles. The lowest BCUT2D eigenvalue weighted by Gasteiger charge is -2.20. The molecule has 0 atom stereocenters. The van der Waals surface area contributed by atoms with Crippen LogP contribution in [0.5, 0.6) is 0 Å². The smallest absolute Gasteiger partial charge is 0.101 e. The zero-order valence-electron chi connectivity index (χ0n) is 10.9. The minimum atomic E-state index is -0.0490. The van der Waals surface area contributed by atoms with Gasteiger partial charge in [0.15, 0.2) is 0 Å². The predicted octanol–water partition coefficient (Wildman–Crippen LogP) is 2.45. The van der Waals surface area contributed by atoms with Crippen LogP contribution in [0.25, 0.3) is 0 Å². The quantitative estimate of drug-likeness (QED) is 0.929. The zero-order valence-corrected chi connectivity index (χ0v) is 11.7. The number of anilines is 1. The number of benzene rings is 1. The predicted molar refractivity (Wildman–Crippen MR) is 76.0 cm³/mol. The molecule has 19 heavy (non-hydrogen) atoms. The van der Waals surface area contributed by atoms with E-state index >= 15 is 0 Å². The van der Waals surface area contributed by atoms with Gasteiger partial charge in [-0.15, -0.1) is 11.3 Å². The fourth-order valence-electron chi connectivity index (χ4n) is 1.88. The highest BCUT2D eigenvalue weighted by molar-refractivity contribution is 7.09. The Balaban J connectivity index is 2.26. The van der Waals surface area contributed by atoms with Crippen LogP contribution in [-0.4, -0.2) is 17.1 Å². The molecule has 0 fully saturated rings. The first kappa shape index (κ1) is 13.5. The van der Waals surface area contributed by atoms with Gasteiger partial charge >= 0.3 is 0 Å². The Morgan fingerprint density at radius 3 is 2.84 bits per heavy atom. The van der Waals surface area contributed by atoms with E-state index < -0.39 is 0 Å². The number of nitriles is 1. The first-order valence-corrected chi connectivity index (χ1v) is 6.77. The van der Waals surface area contributed by atoms with E-state index in [1.807, 2.05) is 36.5 Å². The third kappa shape index (κ3) is 2.92. The highest BCUT2D eigenvalue weighted by Crippen LogP contribution is 2.24. The fourth-order valence-corrected chi connectivity index (χ4v) is 2.71. The molecule has 2 aromatic rings. The SMILES string of the molecule is Cc1ncsc1CN(C)c1ccc(CO)cc1C#N. The van der Waals surface area contributed by atoms with Crippen molar-refractivity contribution < 1.29 is 5.11 Å².